The highest BCUT2D eigenvalue weighted by atomic mass is 79.9. The molecule has 0 fully saturated rings. The van der Waals surface area contributed by atoms with E-state index < -0.39 is 0 Å². The number of hydrogen-bond acceptors (Lipinski definition) is 3. The molecule has 1 amide bonds. The van der Waals surface area contributed by atoms with E-state index in [1.165, 1.54) is 0 Å². The van der Waals surface area contributed by atoms with E-state index in [4.69, 9.17) is 9.15 Å². The summed E-state index contributed by atoms with van der Waals surface area (Å²) in [5, 5.41) is 2.86. The Kier molecular flexibility index (Phi) is 6.48. The lowest BCUT2D eigenvalue weighted by Crippen LogP contribution is -2.25. The molecule has 1 N–H and O–H groups in total. The van der Waals surface area contributed by atoms with Gasteiger partial charge in [-0.1, -0.05) is 31.9 Å². The van der Waals surface area contributed by atoms with E-state index >= 15 is 0 Å². The number of furan rings is 1. The minimum atomic E-state index is -0.0944. The van der Waals surface area contributed by atoms with E-state index in [1.807, 2.05) is 18.2 Å². The van der Waals surface area contributed by atoms with E-state index in [2.05, 4.69) is 37.2 Å². The Balaban J connectivity index is 1.65. The van der Waals surface area contributed by atoms with Gasteiger partial charge in [-0.15, -0.1) is 0 Å². The van der Waals surface area contributed by atoms with Crippen LogP contribution in [0.25, 0.3) is 0 Å². The lowest BCUT2D eigenvalue weighted by Gasteiger charge is -2.06. The summed E-state index contributed by atoms with van der Waals surface area (Å²) in [6.07, 6.45) is 2.37. The van der Waals surface area contributed by atoms with Gasteiger partial charge in [-0.05, 0) is 36.8 Å². The van der Waals surface area contributed by atoms with Gasteiger partial charge in [0.25, 0.3) is 5.91 Å². The largest absolute Gasteiger partial charge is 0.467 e. The number of ether oxygens (including phenoxy) is 1. The number of halogens is 2. The second-order valence-electron chi connectivity index (χ2n) is 4.40. The minimum Gasteiger partial charge on any atom is -0.467 e. The van der Waals surface area contributed by atoms with Gasteiger partial charge in [0, 0.05) is 27.7 Å². The van der Waals surface area contributed by atoms with Gasteiger partial charge >= 0.3 is 0 Å². The smallest absolute Gasteiger partial charge is 0.251 e. The lowest BCUT2D eigenvalue weighted by molar-refractivity contribution is 0.0917. The molecule has 2 aromatic rings. The van der Waals surface area contributed by atoms with Crippen LogP contribution in [0.2, 0.25) is 0 Å². The van der Waals surface area contributed by atoms with Crippen LogP contribution in [0.5, 0.6) is 0 Å². The Labute approximate surface area is 140 Å². The molecule has 0 saturated carbocycles. The lowest BCUT2D eigenvalue weighted by atomic mass is 10.2. The monoisotopic (exact) mass is 415 g/mol. The molecule has 0 aliphatic heterocycles. The fourth-order valence-electron chi connectivity index (χ4n) is 1.73. The van der Waals surface area contributed by atoms with E-state index in [0.717, 1.165) is 21.1 Å². The zero-order valence-corrected chi connectivity index (χ0v) is 14.4. The maximum Gasteiger partial charge on any atom is 0.251 e. The average Bonchev–Trinajstić information content (AvgIpc) is 2.94. The molecule has 6 heteroatoms. The number of nitrogens with one attached hydrogen (secondary N) is 1. The van der Waals surface area contributed by atoms with E-state index in [1.54, 1.807) is 18.4 Å². The molecule has 2 rings (SSSR count). The number of hydrogen-bond donors (Lipinski definition) is 1. The fourth-order valence-corrected chi connectivity index (χ4v) is 3.02. The first-order valence-corrected chi connectivity index (χ1v) is 8.08. The van der Waals surface area contributed by atoms with Crippen molar-refractivity contribution in [2.24, 2.45) is 0 Å². The molecule has 0 aliphatic rings. The second kappa shape index (κ2) is 8.36. The highest BCUT2D eigenvalue weighted by Gasteiger charge is 2.06. The molecule has 0 spiro atoms. The number of benzene rings is 1. The molecule has 0 radical (unpaired) electrons. The normalized spacial score (nSPS) is 10.6. The molecule has 0 aliphatic carbocycles. The van der Waals surface area contributed by atoms with Crippen LogP contribution in [-0.4, -0.2) is 19.1 Å². The first kappa shape index (κ1) is 16.3. The Morgan fingerprint density at radius 2 is 2.00 bits per heavy atom. The predicted octanol–water partition coefficient (Wildman–Crippen LogP) is 4.14. The zero-order valence-electron chi connectivity index (χ0n) is 11.3. The quantitative estimate of drug-likeness (QED) is 0.690. The molecular formula is C15H15Br2NO3. The molecule has 21 heavy (non-hydrogen) atoms. The summed E-state index contributed by atoms with van der Waals surface area (Å²) in [6.45, 7) is 1.60. The van der Waals surface area contributed by atoms with Gasteiger partial charge in [-0.25, -0.2) is 0 Å². The van der Waals surface area contributed by atoms with Gasteiger partial charge in [0.1, 0.15) is 12.4 Å². The van der Waals surface area contributed by atoms with Crippen molar-refractivity contribution < 1.29 is 13.9 Å². The number of carbonyl (C=O) groups excluding carboxylic acids is 1. The maximum absolute atomic E-state index is 12.0. The average molecular weight is 417 g/mol. The summed E-state index contributed by atoms with van der Waals surface area (Å²) < 4.78 is 12.3. The molecule has 1 heterocycles. The SMILES string of the molecule is O=C(NCCCOCc1ccco1)c1cc(Br)cc(Br)c1. The number of carbonyl (C=O) groups is 1. The topological polar surface area (TPSA) is 51.5 Å². The predicted molar refractivity (Wildman–Crippen MR) is 87.2 cm³/mol. The Hall–Kier alpha value is -1.11. The molecule has 0 atom stereocenters. The molecule has 1 aromatic heterocycles. The van der Waals surface area contributed by atoms with Gasteiger partial charge < -0.3 is 14.5 Å². The van der Waals surface area contributed by atoms with Gasteiger partial charge in [-0.3, -0.25) is 4.79 Å². The maximum atomic E-state index is 12.0. The highest BCUT2D eigenvalue weighted by molar-refractivity contribution is 9.11. The summed E-state index contributed by atoms with van der Waals surface area (Å²) in [6, 6.07) is 9.15. The van der Waals surface area contributed by atoms with Crippen LogP contribution in [0, 0.1) is 0 Å². The molecular weight excluding hydrogens is 402 g/mol. The van der Waals surface area contributed by atoms with Crippen molar-refractivity contribution in [2.45, 2.75) is 13.0 Å². The van der Waals surface area contributed by atoms with Crippen LogP contribution in [0.15, 0.2) is 50.0 Å². The summed E-state index contributed by atoms with van der Waals surface area (Å²) in [7, 11) is 0. The second-order valence-corrected chi connectivity index (χ2v) is 6.23. The van der Waals surface area contributed by atoms with Crippen molar-refractivity contribution in [2.75, 3.05) is 13.2 Å². The first-order chi connectivity index (χ1) is 10.1. The molecule has 0 saturated heterocycles. The number of amides is 1. The summed E-state index contributed by atoms with van der Waals surface area (Å²) in [5.74, 6) is 0.709. The standard InChI is InChI=1S/C15H15Br2NO3/c16-12-7-11(8-13(17)9-12)15(19)18-4-2-5-20-10-14-3-1-6-21-14/h1,3,6-9H,2,4-5,10H2,(H,18,19). The van der Waals surface area contributed by atoms with Crippen LogP contribution in [0.3, 0.4) is 0 Å². The van der Waals surface area contributed by atoms with Crippen molar-refractivity contribution in [1.29, 1.82) is 0 Å². The molecule has 0 bridgehead atoms. The Bertz CT molecular complexity index is 564. The summed E-state index contributed by atoms with van der Waals surface area (Å²) >= 11 is 6.73. The fraction of sp³-hybridized carbons (Fsp3) is 0.267. The third kappa shape index (κ3) is 5.65. The van der Waals surface area contributed by atoms with Crippen LogP contribution in [0.4, 0.5) is 0 Å². The van der Waals surface area contributed by atoms with Gasteiger partial charge in [-0.2, -0.15) is 0 Å². The minimum absolute atomic E-state index is 0.0944. The van der Waals surface area contributed by atoms with Crippen molar-refractivity contribution in [3.63, 3.8) is 0 Å². The van der Waals surface area contributed by atoms with Crippen molar-refractivity contribution in [3.8, 4) is 0 Å². The van der Waals surface area contributed by atoms with Crippen LogP contribution >= 0.6 is 31.9 Å². The molecule has 4 nitrogen and oxygen atoms in total. The van der Waals surface area contributed by atoms with Crippen molar-refractivity contribution >= 4 is 37.8 Å². The highest BCUT2D eigenvalue weighted by Crippen LogP contribution is 2.19. The van der Waals surface area contributed by atoms with E-state index in [0.29, 0.717) is 25.3 Å². The van der Waals surface area contributed by atoms with Crippen LogP contribution in [-0.2, 0) is 11.3 Å². The zero-order chi connectivity index (χ0) is 15.1. The Morgan fingerprint density at radius 1 is 1.24 bits per heavy atom. The number of rotatable bonds is 7. The third-order valence-electron chi connectivity index (χ3n) is 2.70. The van der Waals surface area contributed by atoms with Gasteiger partial charge in [0.05, 0.1) is 6.26 Å². The summed E-state index contributed by atoms with van der Waals surface area (Å²) in [5.41, 5.74) is 0.618. The van der Waals surface area contributed by atoms with Crippen molar-refractivity contribution in [3.05, 3.63) is 56.9 Å². The van der Waals surface area contributed by atoms with Gasteiger partial charge in [0.2, 0.25) is 0 Å². The van der Waals surface area contributed by atoms with Crippen LogP contribution < -0.4 is 5.32 Å². The van der Waals surface area contributed by atoms with Gasteiger partial charge in [0.15, 0.2) is 0 Å². The molecule has 112 valence electrons. The van der Waals surface area contributed by atoms with Crippen LogP contribution in [0.1, 0.15) is 22.5 Å². The Morgan fingerprint density at radius 3 is 2.67 bits per heavy atom. The van der Waals surface area contributed by atoms with E-state index in [9.17, 15) is 4.79 Å². The molecule has 1 aromatic carbocycles. The first-order valence-electron chi connectivity index (χ1n) is 6.49. The molecule has 0 unspecified atom stereocenters. The van der Waals surface area contributed by atoms with Crippen molar-refractivity contribution in [1.82, 2.24) is 5.32 Å². The summed E-state index contributed by atoms with van der Waals surface area (Å²) in [4.78, 5) is 12.0. The third-order valence-corrected chi connectivity index (χ3v) is 3.62. The van der Waals surface area contributed by atoms with E-state index in [-0.39, 0.29) is 5.91 Å².